The maximum atomic E-state index is 13.8. The molecule has 1 saturated heterocycles. The van der Waals surface area contributed by atoms with Crippen LogP contribution in [-0.2, 0) is 11.3 Å². The fourth-order valence-electron chi connectivity index (χ4n) is 2.22. The van der Waals surface area contributed by atoms with Crippen molar-refractivity contribution in [2.45, 2.75) is 19.4 Å². The summed E-state index contributed by atoms with van der Waals surface area (Å²) in [7, 11) is 0. The first-order valence-corrected chi connectivity index (χ1v) is 6.38. The molecule has 0 radical (unpaired) electrons. The Hall–Kier alpha value is -1.53. The summed E-state index contributed by atoms with van der Waals surface area (Å²) >= 11 is 0. The van der Waals surface area contributed by atoms with Crippen LogP contribution in [0, 0.1) is 21.8 Å². The Kier molecular flexibility index (Phi) is 4.81. The summed E-state index contributed by atoms with van der Waals surface area (Å²) in [6.45, 7) is 2.58. The molecule has 0 saturated carbocycles. The zero-order valence-corrected chi connectivity index (χ0v) is 10.6. The average Bonchev–Trinajstić information content (AvgIpc) is 2.41. The van der Waals surface area contributed by atoms with E-state index < -0.39 is 16.4 Å². The summed E-state index contributed by atoms with van der Waals surface area (Å²) in [6, 6.07) is 4.15. The van der Waals surface area contributed by atoms with E-state index in [1.54, 1.807) is 0 Å². The van der Waals surface area contributed by atoms with Gasteiger partial charge in [0.1, 0.15) is 0 Å². The smallest absolute Gasteiger partial charge is 0.305 e. The monoisotopic (exact) mass is 268 g/mol. The molecule has 0 amide bonds. The molecule has 1 aliphatic heterocycles. The zero-order chi connectivity index (χ0) is 13.7. The van der Waals surface area contributed by atoms with Crippen molar-refractivity contribution in [2.75, 3.05) is 19.7 Å². The maximum Gasteiger partial charge on any atom is 0.305 e. The van der Waals surface area contributed by atoms with Crippen LogP contribution in [0.15, 0.2) is 18.2 Å². The van der Waals surface area contributed by atoms with Crippen molar-refractivity contribution in [3.63, 3.8) is 0 Å². The van der Waals surface area contributed by atoms with Crippen LogP contribution in [0.5, 0.6) is 0 Å². The van der Waals surface area contributed by atoms with E-state index in [9.17, 15) is 14.5 Å². The molecule has 1 aromatic rings. The molecule has 1 aromatic carbocycles. The van der Waals surface area contributed by atoms with Gasteiger partial charge in [0.25, 0.3) is 0 Å². The highest BCUT2D eigenvalue weighted by molar-refractivity contribution is 5.36. The molecule has 0 aliphatic carbocycles. The van der Waals surface area contributed by atoms with E-state index in [1.807, 2.05) is 0 Å². The van der Waals surface area contributed by atoms with Crippen LogP contribution >= 0.6 is 0 Å². The van der Waals surface area contributed by atoms with Gasteiger partial charge in [-0.15, -0.1) is 0 Å². The highest BCUT2D eigenvalue weighted by atomic mass is 19.1. The molecular formula is C13H17FN2O3. The third-order valence-electron chi connectivity index (χ3n) is 3.27. The molecule has 0 bridgehead atoms. The number of nitro groups is 1. The van der Waals surface area contributed by atoms with Crippen molar-refractivity contribution in [2.24, 2.45) is 5.92 Å². The molecule has 1 heterocycles. The molecule has 5 nitrogen and oxygen atoms in total. The fraction of sp³-hybridized carbons (Fsp3) is 0.538. The van der Waals surface area contributed by atoms with Crippen LogP contribution in [0.3, 0.4) is 0 Å². The van der Waals surface area contributed by atoms with E-state index in [2.05, 4.69) is 5.32 Å². The first kappa shape index (κ1) is 13.9. The van der Waals surface area contributed by atoms with Gasteiger partial charge in [-0.1, -0.05) is 12.1 Å². The highest BCUT2D eigenvalue weighted by Crippen LogP contribution is 2.21. The summed E-state index contributed by atoms with van der Waals surface area (Å²) < 4.78 is 19.2. The van der Waals surface area contributed by atoms with E-state index in [1.165, 1.54) is 12.1 Å². The Bertz CT molecular complexity index is 448. The molecule has 0 spiro atoms. The van der Waals surface area contributed by atoms with Crippen LogP contribution < -0.4 is 5.32 Å². The Morgan fingerprint density at radius 2 is 2.37 bits per heavy atom. The van der Waals surface area contributed by atoms with E-state index in [4.69, 9.17) is 4.74 Å². The lowest BCUT2D eigenvalue weighted by Gasteiger charge is -2.22. The number of halogens is 1. The van der Waals surface area contributed by atoms with E-state index >= 15 is 0 Å². The summed E-state index contributed by atoms with van der Waals surface area (Å²) in [5, 5.41) is 13.9. The number of rotatable bonds is 5. The van der Waals surface area contributed by atoms with Gasteiger partial charge in [0.2, 0.25) is 5.82 Å². The molecule has 19 heavy (non-hydrogen) atoms. The second-order valence-corrected chi connectivity index (χ2v) is 4.73. The Labute approximate surface area is 110 Å². The Balaban J connectivity index is 1.88. The quantitative estimate of drug-likeness (QED) is 0.657. The largest absolute Gasteiger partial charge is 0.376 e. The first-order chi connectivity index (χ1) is 9.18. The normalized spacial score (nSPS) is 19.3. The number of hydrogen-bond acceptors (Lipinski definition) is 4. The van der Waals surface area contributed by atoms with Gasteiger partial charge >= 0.3 is 5.69 Å². The third kappa shape index (κ3) is 3.71. The lowest BCUT2D eigenvalue weighted by Crippen LogP contribution is -2.32. The number of nitrogens with one attached hydrogen (secondary N) is 1. The van der Waals surface area contributed by atoms with Gasteiger partial charge in [0, 0.05) is 18.2 Å². The van der Waals surface area contributed by atoms with Crippen molar-refractivity contribution in [3.05, 3.63) is 39.7 Å². The zero-order valence-electron chi connectivity index (χ0n) is 10.6. The van der Waals surface area contributed by atoms with Gasteiger partial charge in [0.05, 0.1) is 18.1 Å². The number of piperidine rings is 1. The fourth-order valence-corrected chi connectivity index (χ4v) is 2.22. The van der Waals surface area contributed by atoms with Gasteiger partial charge in [0.15, 0.2) is 0 Å². The number of nitro benzene ring substituents is 1. The number of benzene rings is 1. The topological polar surface area (TPSA) is 64.4 Å². The molecule has 1 N–H and O–H groups in total. The number of hydrogen-bond donors (Lipinski definition) is 1. The first-order valence-electron chi connectivity index (χ1n) is 6.38. The van der Waals surface area contributed by atoms with Crippen molar-refractivity contribution in [3.8, 4) is 0 Å². The second-order valence-electron chi connectivity index (χ2n) is 4.73. The molecule has 2 rings (SSSR count). The number of nitrogens with zero attached hydrogens (tertiary/aromatic N) is 1. The van der Waals surface area contributed by atoms with Crippen molar-refractivity contribution in [1.82, 2.24) is 5.32 Å². The standard InChI is InChI=1S/C13H17FN2O3/c14-13-11(4-1-5-12(13)16(17)18)9-19-8-10-3-2-6-15-7-10/h1,4-5,10,15H,2-3,6-9H2. The van der Waals surface area contributed by atoms with E-state index in [0.717, 1.165) is 32.0 Å². The Morgan fingerprint density at radius 3 is 3.05 bits per heavy atom. The van der Waals surface area contributed by atoms with Crippen molar-refractivity contribution in [1.29, 1.82) is 0 Å². The minimum absolute atomic E-state index is 0.0734. The molecule has 1 atom stereocenters. The van der Waals surface area contributed by atoms with Gasteiger partial charge in [-0.2, -0.15) is 4.39 Å². The van der Waals surface area contributed by atoms with E-state index in [0.29, 0.717) is 12.5 Å². The van der Waals surface area contributed by atoms with Gasteiger partial charge in [-0.05, 0) is 25.3 Å². The third-order valence-corrected chi connectivity index (χ3v) is 3.27. The van der Waals surface area contributed by atoms with Crippen LogP contribution in [0.2, 0.25) is 0 Å². The van der Waals surface area contributed by atoms with Crippen LogP contribution in [0.25, 0.3) is 0 Å². The van der Waals surface area contributed by atoms with Crippen LogP contribution in [0.4, 0.5) is 10.1 Å². The molecule has 1 aliphatic rings. The van der Waals surface area contributed by atoms with Crippen LogP contribution in [0.1, 0.15) is 18.4 Å². The lowest BCUT2D eigenvalue weighted by atomic mass is 10.0. The average molecular weight is 268 g/mol. The van der Waals surface area contributed by atoms with Crippen molar-refractivity contribution >= 4 is 5.69 Å². The van der Waals surface area contributed by atoms with Crippen molar-refractivity contribution < 1.29 is 14.1 Å². The second kappa shape index (κ2) is 6.58. The molecule has 1 fully saturated rings. The molecule has 104 valence electrons. The van der Waals surface area contributed by atoms with Gasteiger partial charge < -0.3 is 10.1 Å². The van der Waals surface area contributed by atoms with E-state index in [-0.39, 0.29) is 12.2 Å². The van der Waals surface area contributed by atoms with Gasteiger partial charge in [-0.3, -0.25) is 10.1 Å². The number of ether oxygens (including phenoxy) is 1. The van der Waals surface area contributed by atoms with Gasteiger partial charge in [-0.25, -0.2) is 0 Å². The molecular weight excluding hydrogens is 251 g/mol. The SMILES string of the molecule is O=[N+]([O-])c1cccc(COCC2CCCNC2)c1F. The summed E-state index contributed by atoms with van der Waals surface area (Å²) in [5.41, 5.74) is -0.265. The lowest BCUT2D eigenvalue weighted by molar-refractivity contribution is -0.387. The summed E-state index contributed by atoms with van der Waals surface area (Å²) in [4.78, 5) is 9.89. The summed E-state index contributed by atoms with van der Waals surface area (Å²) in [6.07, 6.45) is 2.23. The minimum atomic E-state index is -0.797. The molecule has 6 heteroatoms. The minimum Gasteiger partial charge on any atom is -0.376 e. The molecule has 0 aromatic heterocycles. The highest BCUT2D eigenvalue weighted by Gasteiger charge is 2.18. The maximum absolute atomic E-state index is 13.8. The summed E-state index contributed by atoms with van der Waals surface area (Å²) in [5.74, 6) is -0.357. The predicted molar refractivity (Wildman–Crippen MR) is 68.3 cm³/mol. The Morgan fingerprint density at radius 1 is 1.53 bits per heavy atom. The molecule has 1 unspecified atom stereocenters. The predicted octanol–water partition coefficient (Wildman–Crippen LogP) is 2.25. The van der Waals surface area contributed by atoms with Crippen LogP contribution in [-0.4, -0.2) is 24.6 Å².